The second kappa shape index (κ2) is 8.20. The summed E-state index contributed by atoms with van der Waals surface area (Å²) in [4.78, 5) is 15.9. The van der Waals surface area contributed by atoms with Crippen molar-refractivity contribution in [2.45, 2.75) is 38.7 Å². The number of rotatable bonds is 6. The summed E-state index contributed by atoms with van der Waals surface area (Å²) in [6, 6.07) is 4.29. The van der Waals surface area contributed by atoms with Crippen LogP contribution >= 0.6 is 0 Å². The molecule has 0 aliphatic heterocycles. The smallest absolute Gasteiger partial charge is 0.251 e. The van der Waals surface area contributed by atoms with Crippen molar-refractivity contribution in [2.75, 3.05) is 13.2 Å². The summed E-state index contributed by atoms with van der Waals surface area (Å²) in [7, 11) is 0. The van der Waals surface area contributed by atoms with Gasteiger partial charge in [0.15, 0.2) is 0 Å². The van der Waals surface area contributed by atoms with E-state index >= 15 is 0 Å². The van der Waals surface area contributed by atoms with E-state index in [2.05, 4.69) is 22.3 Å². The highest BCUT2D eigenvalue weighted by Crippen LogP contribution is 2.26. The Morgan fingerprint density at radius 2 is 2.24 bits per heavy atom. The molecule has 1 amide bonds. The third-order valence-corrected chi connectivity index (χ3v) is 4.63. The predicted octanol–water partition coefficient (Wildman–Crippen LogP) is 2.73. The van der Waals surface area contributed by atoms with E-state index in [1.165, 1.54) is 48.7 Å². The fourth-order valence-electron chi connectivity index (χ4n) is 3.17. The van der Waals surface area contributed by atoms with Gasteiger partial charge < -0.3 is 10.1 Å². The summed E-state index contributed by atoms with van der Waals surface area (Å²) in [5.41, 5.74) is 0.524. The zero-order valence-corrected chi connectivity index (χ0v) is 14.3. The minimum Gasteiger partial charge on any atom is -0.376 e. The number of carbonyl (C=O) groups excluding carboxylic acids is 1. The van der Waals surface area contributed by atoms with Gasteiger partial charge in [-0.15, -0.1) is 0 Å². The van der Waals surface area contributed by atoms with Crippen LogP contribution in [-0.4, -0.2) is 39.9 Å². The number of ether oxygens (including phenoxy) is 1. The van der Waals surface area contributed by atoms with Crippen molar-refractivity contribution in [3.05, 3.63) is 42.2 Å². The predicted molar refractivity (Wildman–Crippen MR) is 91.0 cm³/mol. The second-order valence-electron chi connectivity index (χ2n) is 6.43. The van der Waals surface area contributed by atoms with Crippen LogP contribution in [0, 0.1) is 11.7 Å². The van der Waals surface area contributed by atoms with Crippen LogP contribution in [0.2, 0.25) is 0 Å². The van der Waals surface area contributed by atoms with Crippen LogP contribution in [0.3, 0.4) is 0 Å². The van der Waals surface area contributed by atoms with Crippen LogP contribution < -0.4 is 5.32 Å². The molecule has 0 radical (unpaired) electrons. The van der Waals surface area contributed by atoms with Crippen molar-refractivity contribution in [1.82, 2.24) is 20.1 Å². The first-order valence-electron chi connectivity index (χ1n) is 8.69. The molecule has 1 N–H and O–H groups in total. The second-order valence-corrected chi connectivity index (χ2v) is 6.43. The lowest BCUT2D eigenvalue weighted by atomic mass is 9.88. The van der Waals surface area contributed by atoms with E-state index in [-0.39, 0.29) is 23.3 Å². The molecule has 3 rings (SSSR count). The maximum absolute atomic E-state index is 14.2. The van der Waals surface area contributed by atoms with Gasteiger partial charge in [0.25, 0.3) is 5.91 Å². The molecule has 2 aromatic rings. The van der Waals surface area contributed by atoms with Crippen molar-refractivity contribution in [3.63, 3.8) is 0 Å². The molecule has 25 heavy (non-hydrogen) atoms. The van der Waals surface area contributed by atoms with Gasteiger partial charge in [-0.05, 0) is 37.0 Å². The third-order valence-electron chi connectivity index (χ3n) is 4.63. The molecule has 1 heterocycles. The molecule has 0 bridgehead atoms. The van der Waals surface area contributed by atoms with Gasteiger partial charge in [-0.2, -0.15) is 5.10 Å². The fraction of sp³-hybridized carbons (Fsp3) is 0.500. The molecule has 1 aliphatic rings. The zero-order chi connectivity index (χ0) is 17.6. The van der Waals surface area contributed by atoms with E-state index in [1.54, 1.807) is 6.07 Å². The normalized spacial score (nSPS) is 20.4. The van der Waals surface area contributed by atoms with E-state index in [4.69, 9.17) is 4.74 Å². The van der Waals surface area contributed by atoms with Gasteiger partial charge in [0.2, 0.25) is 0 Å². The number of aromatic nitrogens is 3. The van der Waals surface area contributed by atoms with Crippen LogP contribution in [0.15, 0.2) is 30.9 Å². The average molecular weight is 346 g/mol. The van der Waals surface area contributed by atoms with E-state index < -0.39 is 5.82 Å². The van der Waals surface area contributed by atoms with E-state index in [9.17, 15) is 9.18 Å². The topological polar surface area (TPSA) is 69.0 Å². The van der Waals surface area contributed by atoms with Gasteiger partial charge in [0, 0.05) is 12.1 Å². The zero-order valence-electron chi connectivity index (χ0n) is 14.3. The lowest BCUT2D eigenvalue weighted by Gasteiger charge is -2.28. The maximum Gasteiger partial charge on any atom is 0.251 e. The quantitative estimate of drug-likeness (QED) is 0.817. The summed E-state index contributed by atoms with van der Waals surface area (Å²) in [5.74, 6) is -0.266. The standard InChI is InChI=1S/C18H23FN4O2/c1-13-4-2-3-5-17(13)25-9-8-21-18(24)14-6-7-16(15(19)10-14)23-12-20-11-22-23/h6-7,10-13,17H,2-5,8-9H2,1H3,(H,21,24)/t13-,17-/m1/s1. The van der Waals surface area contributed by atoms with Crippen molar-refractivity contribution in [1.29, 1.82) is 0 Å². The lowest BCUT2D eigenvalue weighted by molar-refractivity contribution is -0.00293. The molecule has 1 saturated carbocycles. The van der Waals surface area contributed by atoms with Crippen LogP contribution in [0.1, 0.15) is 43.0 Å². The number of amides is 1. The molecule has 1 aliphatic carbocycles. The highest BCUT2D eigenvalue weighted by Gasteiger charge is 2.21. The number of nitrogens with one attached hydrogen (secondary N) is 1. The van der Waals surface area contributed by atoms with Gasteiger partial charge in [-0.3, -0.25) is 4.79 Å². The summed E-state index contributed by atoms with van der Waals surface area (Å²) in [6.07, 6.45) is 7.78. The maximum atomic E-state index is 14.2. The van der Waals surface area contributed by atoms with Crippen LogP contribution in [0.25, 0.3) is 5.69 Å². The molecule has 0 saturated heterocycles. The Balaban J connectivity index is 1.49. The average Bonchev–Trinajstić information content (AvgIpc) is 3.14. The number of hydrogen-bond donors (Lipinski definition) is 1. The molecule has 0 unspecified atom stereocenters. The number of nitrogens with zero attached hydrogens (tertiary/aromatic N) is 3. The molecule has 134 valence electrons. The minimum absolute atomic E-state index is 0.253. The number of carbonyl (C=O) groups is 1. The number of benzene rings is 1. The summed E-state index contributed by atoms with van der Waals surface area (Å²) in [5, 5.41) is 6.65. The summed E-state index contributed by atoms with van der Waals surface area (Å²) < 4.78 is 21.3. The SMILES string of the molecule is C[C@@H]1CCCC[C@H]1OCCNC(=O)c1ccc(-n2cncn2)c(F)c1. The third kappa shape index (κ3) is 4.42. The molecule has 1 aromatic heterocycles. The summed E-state index contributed by atoms with van der Waals surface area (Å²) in [6.45, 7) is 3.09. The lowest BCUT2D eigenvalue weighted by Crippen LogP contribution is -2.31. The Bertz CT molecular complexity index is 705. The van der Waals surface area contributed by atoms with Gasteiger partial charge in [-0.25, -0.2) is 14.1 Å². The Morgan fingerprint density at radius 3 is 2.96 bits per heavy atom. The van der Waals surface area contributed by atoms with Crippen LogP contribution in [-0.2, 0) is 4.74 Å². The van der Waals surface area contributed by atoms with Crippen molar-refractivity contribution in [3.8, 4) is 5.69 Å². The molecule has 0 spiro atoms. The molecule has 1 fully saturated rings. The first-order valence-corrected chi connectivity index (χ1v) is 8.69. The van der Waals surface area contributed by atoms with Crippen molar-refractivity contribution < 1.29 is 13.9 Å². The first-order chi connectivity index (χ1) is 12.1. The van der Waals surface area contributed by atoms with Crippen molar-refractivity contribution >= 4 is 5.91 Å². The van der Waals surface area contributed by atoms with E-state index in [0.717, 1.165) is 6.42 Å². The molecule has 2 atom stereocenters. The largest absolute Gasteiger partial charge is 0.376 e. The minimum atomic E-state index is -0.523. The molecular weight excluding hydrogens is 323 g/mol. The number of hydrogen-bond acceptors (Lipinski definition) is 4. The van der Waals surface area contributed by atoms with Gasteiger partial charge in [0.05, 0.1) is 12.7 Å². The van der Waals surface area contributed by atoms with Crippen molar-refractivity contribution in [2.24, 2.45) is 5.92 Å². The van der Waals surface area contributed by atoms with E-state index in [1.807, 2.05) is 0 Å². The first kappa shape index (κ1) is 17.5. The van der Waals surface area contributed by atoms with E-state index in [0.29, 0.717) is 19.1 Å². The molecule has 1 aromatic carbocycles. The molecule has 6 nitrogen and oxygen atoms in total. The van der Waals surface area contributed by atoms with Crippen LogP contribution in [0.4, 0.5) is 4.39 Å². The highest BCUT2D eigenvalue weighted by atomic mass is 19.1. The highest BCUT2D eigenvalue weighted by molar-refractivity contribution is 5.94. The molecular formula is C18H23FN4O2. The Kier molecular flexibility index (Phi) is 5.75. The van der Waals surface area contributed by atoms with Gasteiger partial charge >= 0.3 is 0 Å². The monoisotopic (exact) mass is 346 g/mol. The Morgan fingerprint density at radius 1 is 1.40 bits per heavy atom. The number of halogens is 1. The summed E-state index contributed by atoms with van der Waals surface area (Å²) >= 11 is 0. The molecule has 7 heteroatoms. The van der Waals surface area contributed by atoms with Crippen LogP contribution in [0.5, 0.6) is 0 Å². The van der Waals surface area contributed by atoms with Gasteiger partial charge in [0.1, 0.15) is 24.2 Å². The van der Waals surface area contributed by atoms with Gasteiger partial charge in [-0.1, -0.05) is 19.8 Å². The Labute approximate surface area is 146 Å². The Hall–Kier alpha value is -2.28. The fourth-order valence-corrected chi connectivity index (χ4v) is 3.17.